The van der Waals surface area contributed by atoms with Gasteiger partial charge in [-0.05, 0) is 49.5 Å². The molecule has 1 nitrogen and oxygen atoms in total. The van der Waals surface area contributed by atoms with Crippen LogP contribution in [-0.4, -0.2) is 6.11 Å². The van der Waals surface area contributed by atoms with Gasteiger partial charge in [-0.15, -0.1) is 0 Å². The first-order valence-electron chi connectivity index (χ1n) is 6.85. The van der Waals surface area contributed by atoms with E-state index in [2.05, 4.69) is 11.7 Å². The molecule has 0 atom stereocenters. The molecular formula is C14H22F2O. The minimum atomic E-state index is -2.93. The number of halogens is 2. The summed E-state index contributed by atoms with van der Waals surface area (Å²) in [7, 11) is 0. The predicted octanol–water partition coefficient (Wildman–Crippen LogP) is 4.88. The summed E-state index contributed by atoms with van der Waals surface area (Å²) in [6.45, 7) is 2.23. The maximum atomic E-state index is 12.8. The molecule has 1 saturated carbocycles. The van der Waals surface area contributed by atoms with Crippen LogP contribution in [0.25, 0.3) is 0 Å². The van der Waals surface area contributed by atoms with Crippen LogP contribution in [0.4, 0.5) is 8.78 Å². The summed E-state index contributed by atoms with van der Waals surface area (Å²) in [5.41, 5.74) is 1.12. The van der Waals surface area contributed by atoms with E-state index in [0.717, 1.165) is 24.3 Å². The molecule has 1 fully saturated rings. The predicted molar refractivity (Wildman–Crippen MR) is 63.7 cm³/mol. The highest BCUT2D eigenvalue weighted by Gasteiger charge is 2.35. The second-order valence-electron chi connectivity index (χ2n) is 5.45. The van der Waals surface area contributed by atoms with Crippen LogP contribution < -0.4 is 0 Å². The third-order valence-corrected chi connectivity index (χ3v) is 4.16. The number of alkyl halides is 2. The molecule has 0 radical (unpaired) electrons. The minimum absolute atomic E-state index is 0.145. The van der Waals surface area contributed by atoms with Crippen molar-refractivity contribution in [3.8, 4) is 0 Å². The molecule has 0 aromatic carbocycles. The molecule has 1 aliphatic carbocycles. The van der Waals surface area contributed by atoms with Crippen LogP contribution in [0.1, 0.15) is 58.3 Å². The Morgan fingerprint density at radius 2 is 2.00 bits per heavy atom. The van der Waals surface area contributed by atoms with E-state index in [9.17, 15) is 8.78 Å². The maximum absolute atomic E-state index is 12.8. The van der Waals surface area contributed by atoms with Gasteiger partial charge < -0.3 is 4.74 Å². The van der Waals surface area contributed by atoms with Crippen molar-refractivity contribution in [3.05, 3.63) is 11.8 Å². The molecule has 0 N–H and O–H groups in total. The summed E-state index contributed by atoms with van der Waals surface area (Å²) < 4.78 is 30.2. The van der Waals surface area contributed by atoms with Crippen LogP contribution >= 0.6 is 0 Å². The monoisotopic (exact) mass is 244 g/mol. The second kappa shape index (κ2) is 5.36. The van der Waals surface area contributed by atoms with Gasteiger partial charge >= 0.3 is 6.11 Å². The van der Waals surface area contributed by atoms with Crippen LogP contribution in [0.2, 0.25) is 0 Å². The summed E-state index contributed by atoms with van der Waals surface area (Å²) in [6, 6.07) is 0. The van der Waals surface area contributed by atoms with Crippen molar-refractivity contribution in [3.63, 3.8) is 0 Å². The zero-order valence-electron chi connectivity index (χ0n) is 10.6. The highest BCUT2D eigenvalue weighted by atomic mass is 19.3. The van der Waals surface area contributed by atoms with E-state index >= 15 is 0 Å². The molecule has 98 valence electrons. The highest BCUT2D eigenvalue weighted by Crippen LogP contribution is 2.40. The summed E-state index contributed by atoms with van der Waals surface area (Å²) in [4.78, 5) is 0. The Bertz CT molecular complexity index is 278. The van der Waals surface area contributed by atoms with Crippen molar-refractivity contribution in [1.82, 2.24) is 0 Å². The first kappa shape index (κ1) is 12.8. The Kier molecular flexibility index (Phi) is 4.05. The molecule has 1 heterocycles. The van der Waals surface area contributed by atoms with Crippen LogP contribution in [0.5, 0.6) is 0 Å². The second-order valence-corrected chi connectivity index (χ2v) is 5.45. The molecule has 3 heteroatoms. The standard InChI is InChI=1S/C14H22F2O/c1-2-3-11-4-6-12(7-5-11)13-8-9-14(15,16)17-10-13/h10-12H,2-9H2,1H3. The zero-order valence-corrected chi connectivity index (χ0v) is 10.6. The van der Waals surface area contributed by atoms with E-state index in [1.54, 1.807) is 0 Å². The Balaban J connectivity index is 1.83. The lowest BCUT2D eigenvalue weighted by Gasteiger charge is -2.32. The van der Waals surface area contributed by atoms with E-state index in [1.807, 2.05) is 0 Å². The largest absolute Gasteiger partial charge is 0.441 e. The average molecular weight is 244 g/mol. The lowest BCUT2D eigenvalue weighted by Crippen LogP contribution is -2.25. The Labute approximate surface area is 102 Å². The fourth-order valence-corrected chi connectivity index (χ4v) is 3.10. The van der Waals surface area contributed by atoms with E-state index in [4.69, 9.17) is 0 Å². The van der Waals surface area contributed by atoms with Gasteiger partial charge in [0.05, 0.1) is 12.7 Å². The quantitative estimate of drug-likeness (QED) is 0.687. The summed E-state index contributed by atoms with van der Waals surface area (Å²) >= 11 is 0. The maximum Gasteiger partial charge on any atom is 0.397 e. The average Bonchev–Trinajstić information content (AvgIpc) is 2.31. The Morgan fingerprint density at radius 1 is 1.29 bits per heavy atom. The summed E-state index contributed by atoms with van der Waals surface area (Å²) in [5, 5.41) is 0. The third kappa shape index (κ3) is 3.43. The first-order chi connectivity index (χ1) is 8.11. The van der Waals surface area contributed by atoms with Crippen molar-refractivity contribution in [2.24, 2.45) is 11.8 Å². The number of hydrogen-bond acceptors (Lipinski definition) is 1. The van der Waals surface area contributed by atoms with Crippen LogP contribution in [0.15, 0.2) is 11.8 Å². The van der Waals surface area contributed by atoms with Crippen LogP contribution in [0, 0.1) is 11.8 Å². The van der Waals surface area contributed by atoms with Gasteiger partial charge in [-0.1, -0.05) is 19.8 Å². The van der Waals surface area contributed by atoms with Gasteiger partial charge in [0.25, 0.3) is 0 Å². The molecular weight excluding hydrogens is 222 g/mol. The van der Waals surface area contributed by atoms with Gasteiger partial charge in [-0.3, -0.25) is 0 Å². The van der Waals surface area contributed by atoms with Crippen molar-refractivity contribution in [1.29, 1.82) is 0 Å². The van der Waals surface area contributed by atoms with Crippen molar-refractivity contribution in [2.45, 2.75) is 64.4 Å². The number of rotatable bonds is 3. The lowest BCUT2D eigenvalue weighted by atomic mass is 9.76. The summed E-state index contributed by atoms with van der Waals surface area (Å²) in [5.74, 6) is 1.36. The van der Waals surface area contributed by atoms with E-state index in [-0.39, 0.29) is 6.42 Å². The SMILES string of the molecule is CCCC1CCC(C2=COC(F)(F)CC2)CC1. The molecule has 17 heavy (non-hydrogen) atoms. The van der Waals surface area contributed by atoms with Crippen LogP contribution in [-0.2, 0) is 4.74 Å². The van der Waals surface area contributed by atoms with E-state index in [1.165, 1.54) is 31.9 Å². The Hall–Kier alpha value is -0.600. The summed E-state index contributed by atoms with van der Waals surface area (Å²) in [6.07, 6.45) is 6.18. The van der Waals surface area contributed by atoms with Gasteiger partial charge in [0.1, 0.15) is 0 Å². The van der Waals surface area contributed by atoms with Crippen molar-refractivity contribution < 1.29 is 13.5 Å². The van der Waals surface area contributed by atoms with Gasteiger partial charge in [0.15, 0.2) is 0 Å². The van der Waals surface area contributed by atoms with E-state index < -0.39 is 6.11 Å². The van der Waals surface area contributed by atoms with Gasteiger partial charge in [-0.25, -0.2) is 0 Å². The lowest BCUT2D eigenvalue weighted by molar-refractivity contribution is -0.215. The van der Waals surface area contributed by atoms with E-state index in [0.29, 0.717) is 12.3 Å². The molecule has 0 bridgehead atoms. The first-order valence-corrected chi connectivity index (χ1v) is 6.85. The molecule has 0 spiro atoms. The van der Waals surface area contributed by atoms with Gasteiger partial charge in [0, 0.05) is 0 Å². The topological polar surface area (TPSA) is 9.23 Å². The Morgan fingerprint density at radius 3 is 2.53 bits per heavy atom. The smallest absolute Gasteiger partial charge is 0.397 e. The molecule has 0 saturated heterocycles. The zero-order chi connectivity index (χ0) is 12.3. The van der Waals surface area contributed by atoms with Crippen LogP contribution in [0.3, 0.4) is 0 Å². The molecule has 0 amide bonds. The minimum Gasteiger partial charge on any atom is -0.441 e. The molecule has 0 aromatic rings. The fraction of sp³-hybridized carbons (Fsp3) is 0.857. The number of hydrogen-bond donors (Lipinski definition) is 0. The van der Waals surface area contributed by atoms with Crippen molar-refractivity contribution >= 4 is 0 Å². The number of ether oxygens (including phenoxy) is 1. The molecule has 0 aromatic heterocycles. The molecule has 2 aliphatic rings. The molecule has 0 unspecified atom stereocenters. The molecule has 2 rings (SSSR count). The highest BCUT2D eigenvalue weighted by molar-refractivity contribution is 5.08. The normalized spacial score (nSPS) is 32.8. The van der Waals surface area contributed by atoms with Gasteiger partial charge in [-0.2, -0.15) is 8.78 Å². The third-order valence-electron chi connectivity index (χ3n) is 4.16. The molecule has 1 aliphatic heterocycles. The fourth-order valence-electron chi connectivity index (χ4n) is 3.10. The van der Waals surface area contributed by atoms with Crippen molar-refractivity contribution in [2.75, 3.05) is 0 Å². The van der Waals surface area contributed by atoms with Gasteiger partial charge in [0.2, 0.25) is 0 Å². The number of allylic oxidation sites excluding steroid dienone is 1.